The Morgan fingerprint density at radius 3 is 2.46 bits per heavy atom. The third kappa shape index (κ3) is 4.77. The first-order valence-electron chi connectivity index (χ1n) is 7.55. The quantitative estimate of drug-likeness (QED) is 0.762. The summed E-state index contributed by atoms with van der Waals surface area (Å²) in [5.41, 5.74) is 5.09. The van der Waals surface area contributed by atoms with E-state index in [0.717, 1.165) is 12.1 Å². The molecule has 1 atom stereocenters. The molecule has 2 rings (SSSR count). The van der Waals surface area contributed by atoms with Crippen LogP contribution in [0.15, 0.2) is 52.0 Å². The molecule has 1 aliphatic rings. The molecule has 144 valence electrons. The zero-order valence-corrected chi connectivity index (χ0v) is 14.7. The van der Waals surface area contributed by atoms with Crippen molar-refractivity contribution in [1.82, 2.24) is 4.90 Å². The van der Waals surface area contributed by atoms with Crippen LogP contribution in [0.4, 0.5) is 13.2 Å². The lowest BCUT2D eigenvalue weighted by atomic mass is 10.2. The Balaban J connectivity index is 2.30. The molecule has 0 radical (unpaired) electrons. The number of aliphatic hydroxyl groups excluding tert-OH is 1. The van der Waals surface area contributed by atoms with Crippen LogP contribution in [0.25, 0.3) is 0 Å². The van der Waals surface area contributed by atoms with Gasteiger partial charge < -0.3 is 20.5 Å². The predicted octanol–water partition coefficient (Wildman–Crippen LogP) is 1.49. The summed E-state index contributed by atoms with van der Waals surface area (Å²) in [6, 6.07) is 3.23. The highest BCUT2D eigenvalue weighted by molar-refractivity contribution is 7.95. The minimum atomic E-state index is -4.55. The van der Waals surface area contributed by atoms with Gasteiger partial charge in [-0.05, 0) is 30.3 Å². The van der Waals surface area contributed by atoms with Crippen molar-refractivity contribution in [3.63, 3.8) is 0 Å². The monoisotopic (exact) mass is 392 g/mol. The Morgan fingerprint density at radius 2 is 1.92 bits per heavy atom. The van der Waals surface area contributed by atoms with Gasteiger partial charge in [-0.1, -0.05) is 0 Å². The molecule has 0 unspecified atom stereocenters. The van der Waals surface area contributed by atoms with Crippen molar-refractivity contribution in [2.45, 2.75) is 17.2 Å². The summed E-state index contributed by atoms with van der Waals surface area (Å²) < 4.78 is 68.1. The number of β-amino-alcohol motifs (C(OH)–C–C–N with tert-alkyl or cyclic N) is 1. The van der Waals surface area contributed by atoms with E-state index in [9.17, 15) is 26.7 Å². The van der Waals surface area contributed by atoms with Crippen LogP contribution >= 0.6 is 0 Å². The minimum absolute atomic E-state index is 0.0644. The van der Waals surface area contributed by atoms with Crippen LogP contribution in [0.3, 0.4) is 0 Å². The van der Waals surface area contributed by atoms with Gasteiger partial charge in [0.2, 0.25) is 9.84 Å². The molecule has 6 nitrogen and oxygen atoms in total. The number of hydrogen-bond donors (Lipinski definition) is 2. The fourth-order valence-electron chi connectivity index (χ4n) is 2.46. The number of allylic oxidation sites excluding steroid dienone is 1. The van der Waals surface area contributed by atoms with Crippen LogP contribution in [0.5, 0.6) is 0 Å². The number of hydrogen-bond acceptors (Lipinski definition) is 6. The average molecular weight is 392 g/mol. The maximum absolute atomic E-state index is 12.7. The summed E-state index contributed by atoms with van der Waals surface area (Å²) in [5.74, 6) is 0. The molecule has 0 saturated carbocycles. The Morgan fingerprint density at radius 1 is 1.31 bits per heavy atom. The number of nitrogens with two attached hydrogens (primary N) is 1. The summed E-state index contributed by atoms with van der Waals surface area (Å²) in [7, 11) is -2.63. The summed E-state index contributed by atoms with van der Waals surface area (Å²) >= 11 is 0. The molecule has 3 N–H and O–H groups in total. The van der Waals surface area contributed by atoms with Crippen molar-refractivity contribution in [3.05, 3.63) is 52.7 Å². The smallest absolute Gasteiger partial charge is 0.401 e. The molecule has 1 heterocycles. The molecule has 26 heavy (non-hydrogen) atoms. The number of sulfone groups is 1. The molecule has 1 aliphatic heterocycles. The maximum atomic E-state index is 12.7. The molecule has 0 bridgehead atoms. The molecule has 0 fully saturated rings. The van der Waals surface area contributed by atoms with Gasteiger partial charge in [-0.25, -0.2) is 8.42 Å². The van der Waals surface area contributed by atoms with Crippen molar-refractivity contribution < 1.29 is 31.4 Å². The molecule has 0 amide bonds. The average Bonchev–Trinajstić information content (AvgIpc) is 2.53. The number of benzene rings is 1. The highest BCUT2D eigenvalue weighted by Gasteiger charge is 2.31. The topological polar surface area (TPSA) is 92.9 Å². The third-order valence-corrected chi connectivity index (χ3v) is 5.37. The molecule has 0 spiro atoms. The molecule has 10 heteroatoms. The Hall–Kier alpha value is -2.04. The largest absolute Gasteiger partial charge is 0.416 e. The van der Waals surface area contributed by atoms with Crippen molar-refractivity contribution in [2.24, 2.45) is 5.73 Å². The highest BCUT2D eigenvalue weighted by atomic mass is 32.2. The number of ether oxygens (including phenoxy) is 1. The van der Waals surface area contributed by atoms with Gasteiger partial charge in [-0.3, -0.25) is 0 Å². The standard InChI is InChI=1S/C16H19F3N2O4S/c1-25-10-13(22)8-21-7-12(20)6-15(9-21)26(23,24)14-4-2-11(3-5-14)16(17,18)19/h2-6,9,13,22H,7-8,10,20H2,1H3/t13-/m1/s1. The normalized spacial score (nSPS) is 16.9. The summed E-state index contributed by atoms with van der Waals surface area (Å²) in [5, 5.41) is 9.79. The lowest BCUT2D eigenvalue weighted by Gasteiger charge is -2.27. The molecule has 1 aromatic rings. The van der Waals surface area contributed by atoms with Crippen LogP contribution in [0.2, 0.25) is 0 Å². The lowest BCUT2D eigenvalue weighted by Crippen LogP contribution is -2.36. The molecule has 0 saturated heterocycles. The number of aliphatic hydroxyl groups is 1. The minimum Gasteiger partial charge on any atom is -0.401 e. The summed E-state index contributed by atoms with van der Waals surface area (Å²) in [6.07, 6.45) is -2.84. The van der Waals surface area contributed by atoms with E-state index in [2.05, 4.69) is 0 Å². The number of rotatable bonds is 6. The van der Waals surface area contributed by atoms with Crippen LogP contribution in [0.1, 0.15) is 5.56 Å². The van der Waals surface area contributed by atoms with E-state index in [4.69, 9.17) is 10.5 Å². The highest BCUT2D eigenvalue weighted by Crippen LogP contribution is 2.31. The first kappa shape index (κ1) is 20.3. The number of nitrogens with zero attached hydrogens (tertiary/aromatic N) is 1. The van der Waals surface area contributed by atoms with Gasteiger partial charge in [-0.15, -0.1) is 0 Å². The van der Waals surface area contributed by atoms with Crippen molar-refractivity contribution >= 4 is 9.84 Å². The number of halogens is 3. The second kappa shape index (κ2) is 7.68. The second-order valence-corrected chi connectivity index (χ2v) is 7.76. The zero-order valence-electron chi connectivity index (χ0n) is 13.9. The van der Waals surface area contributed by atoms with Gasteiger partial charge in [0.15, 0.2) is 0 Å². The van der Waals surface area contributed by atoms with E-state index in [1.807, 2.05) is 0 Å². The van der Waals surface area contributed by atoms with Gasteiger partial charge in [0.05, 0.1) is 34.6 Å². The predicted molar refractivity (Wildman–Crippen MR) is 88.4 cm³/mol. The zero-order chi connectivity index (χ0) is 19.5. The van der Waals surface area contributed by atoms with Gasteiger partial charge in [0, 0.05) is 25.6 Å². The van der Waals surface area contributed by atoms with Crippen molar-refractivity contribution in [3.8, 4) is 0 Å². The third-order valence-electron chi connectivity index (χ3n) is 3.63. The van der Waals surface area contributed by atoms with Gasteiger partial charge >= 0.3 is 6.18 Å². The SMILES string of the molecule is COC[C@H](O)CN1C=C(S(=O)(=O)c2ccc(C(F)(F)F)cc2)C=C(N)C1. The van der Waals surface area contributed by atoms with E-state index < -0.39 is 27.7 Å². The lowest BCUT2D eigenvalue weighted by molar-refractivity contribution is -0.137. The van der Waals surface area contributed by atoms with Gasteiger partial charge in [-0.2, -0.15) is 13.2 Å². The molecule has 1 aromatic carbocycles. The van der Waals surface area contributed by atoms with Crippen LogP contribution < -0.4 is 5.73 Å². The molecule has 0 aromatic heterocycles. The van der Waals surface area contributed by atoms with Crippen LogP contribution in [-0.2, 0) is 20.8 Å². The fraction of sp³-hybridized carbons (Fsp3) is 0.375. The first-order valence-corrected chi connectivity index (χ1v) is 9.03. The van der Waals surface area contributed by atoms with E-state index >= 15 is 0 Å². The Bertz CT molecular complexity index is 802. The van der Waals surface area contributed by atoms with Crippen LogP contribution in [0, 0.1) is 0 Å². The van der Waals surface area contributed by atoms with E-state index in [1.54, 1.807) is 0 Å². The number of alkyl halides is 3. The van der Waals surface area contributed by atoms with Gasteiger partial charge in [0.1, 0.15) is 0 Å². The Kier molecular flexibility index (Phi) is 5.99. The number of methoxy groups -OCH3 is 1. The Labute approximate surface area is 149 Å². The second-order valence-electron chi connectivity index (χ2n) is 5.81. The van der Waals surface area contributed by atoms with Crippen molar-refractivity contribution in [2.75, 3.05) is 26.8 Å². The summed E-state index contributed by atoms with van der Waals surface area (Å²) in [6.45, 7) is 0.371. The molecular weight excluding hydrogens is 373 g/mol. The molecular formula is C16H19F3N2O4S. The summed E-state index contributed by atoms with van der Waals surface area (Å²) in [4.78, 5) is 1.07. The molecule has 0 aliphatic carbocycles. The van der Waals surface area contributed by atoms with E-state index in [0.29, 0.717) is 12.1 Å². The van der Waals surface area contributed by atoms with E-state index in [1.165, 1.54) is 24.3 Å². The fourth-order valence-corrected chi connectivity index (χ4v) is 3.83. The van der Waals surface area contributed by atoms with Crippen molar-refractivity contribution in [1.29, 1.82) is 0 Å². The first-order chi connectivity index (χ1) is 12.0. The van der Waals surface area contributed by atoms with Crippen LogP contribution in [-0.4, -0.2) is 51.3 Å². The maximum Gasteiger partial charge on any atom is 0.416 e. The van der Waals surface area contributed by atoms with E-state index in [-0.39, 0.29) is 35.2 Å². The van der Waals surface area contributed by atoms with Gasteiger partial charge in [0.25, 0.3) is 0 Å².